The van der Waals surface area contributed by atoms with Gasteiger partial charge in [-0.1, -0.05) is 0 Å². The molecule has 3 heteroatoms. The van der Waals surface area contributed by atoms with Gasteiger partial charge in [-0.15, -0.1) is 0 Å². The normalized spacial score (nSPS) is 19.6. The zero-order chi connectivity index (χ0) is 11.9. The Labute approximate surface area is 103 Å². The molecule has 0 amide bonds. The molecule has 1 aromatic carbocycles. The van der Waals surface area contributed by atoms with Gasteiger partial charge in [-0.25, -0.2) is 0 Å². The van der Waals surface area contributed by atoms with Gasteiger partial charge < -0.3 is 10.6 Å². The number of benzene rings is 1. The average Bonchev–Trinajstić information content (AvgIpc) is 2.41. The third kappa shape index (κ3) is 3.76. The third-order valence-corrected chi connectivity index (χ3v) is 3.29. The van der Waals surface area contributed by atoms with Crippen molar-refractivity contribution in [3.8, 4) is 6.07 Å². The molecular formula is C14H19N3. The Balaban J connectivity index is 1.72. The Bertz CT molecular complexity index is 371. The van der Waals surface area contributed by atoms with Crippen molar-refractivity contribution in [3.05, 3.63) is 29.8 Å². The third-order valence-electron chi connectivity index (χ3n) is 3.29. The molecule has 0 spiro atoms. The Morgan fingerprint density at radius 2 is 2.18 bits per heavy atom. The maximum atomic E-state index is 8.70. The van der Waals surface area contributed by atoms with Crippen molar-refractivity contribution in [2.24, 2.45) is 5.92 Å². The van der Waals surface area contributed by atoms with Crippen LogP contribution in [0, 0.1) is 17.2 Å². The Hall–Kier alpha value is -1.53. The van der Waals surface area contributed by atoms with Crippen molar-refractivity contribution in [1.82, 2.24) is 5.32 Å². The van der Waals surface area contributed by atoms with Gasteiger partial charge in [0.2, 0.25) is 0 Å². The first kappa shape index (κ1) is 11.9. The largest absolute Gasteiger partial charge is 0.385 e. The van der Waals surface area contributed by atoms with Crippen LogP contribution in [0.15, 0.2) is 24.3 Å². The van der Waals surface area contributed by atoms with E-state index in [4.69, 9.17) is 5.26 Å². The molecule has 0 radical (unpaired) electrons. The molecule has 1 atom stereocenters. The van der Waals surface area contributed by atoms with Crippen LogP contribution in [0.5, 0.6) is 0 Å². The lowest BCUT2D eigenvalue weighted by Crippen LogP contribution is -2.30. The molecule has 0 aliphatic carbocycles. The molecule has 1 aromatic rings. The van der Waals surface area contributed by atoms with Crippen LogP contribution < -0.4 is 10.6 Å². The van der Waals surface area contributed by atoms with E-state index in [9.17, 15) is 0 Å². The average molecular weight is 229 g/mol. The summed E-state index contributed by atoms with van der Waals surface area (Å²) in [5, 5.41) is 15.5. The van der Waals surface area contributed by atoms with Gasteiger partial charge in [0.15, 0.2) is 0 Å². The molecule has 1 fully saturated rings. The minimum atomic E-state index is 0.715. The van der Waals surface area contributed by atoms with Gasteiger partial charge in [-0.2, -0.15) is 5.26 Å². The van der Waals surface area contributed by atoms with E-state index in [-0.39, 0.29) is 0 Å². The highest BCUT2D eigenvalue weighted by molar-refractivity contribution is 5.47. The molecule has 0 aromatic heterocycles. The highest BCUT2D eigenvalue weighted by Gasteiger charge is 2.11. The first-order valence-corrected chi connectivity index (χ1v) is 6.33. The van der Waals surface area contributed by atoms with Crippen molar-refractivity contribution in [2.45, 2.75) is 19.3 Å². The van der Waals surface area contributed by atoms with Crippen molar-refractivity contribution in [1.29, 1.82) is 5.26 Å². The fraction of sp³-hybridized carbons (Fsp3) is 0.500. The molecule has 2 N–H and O–H groups in total. The van der Waals surface area contributed by atoms with Crippen LogP contribution in [-0.4, -0.2) is 19.6 Å². The van der Waals surface area contributed by atoms with E-state index in [1.165, 1.54) is 25.8 Å². The summed E-state index contributed by atoms with van der Waals surface area (Å²) < 4.78 is 0. The quantitative estimate of drug-likeness (QED) is 0.833. The molecule has 1 aliphatic rings. The van der Waals surface area contributed by atoms with E-state index in [2.05, 4.69) is 16.7 Å². The summed E-state index contributed by atoms with van der Waals surface area (Å²) in [6, 6.07) is 9.77. The molecule has 1 aliphatic heterocycles. The molecule has 90 valence electrons. The number of rotatable bonds is 4. The minimum Gasteiger partial charge on any atom is -0.385 e. The summed E-state index contributed by atoms with van der Waals surface area (Å²) in [6.07, 6.45) is 3.87. The standard InChI is InChI=1S/C14H19N3/c15-10-12-3-5-14(6-4-12)17-9-7-13-2-1-8-16-11-13/h3-6,13,16-17H,1-2,7-9,11H2. The van der Waals surface area contributed by atoms with Gasteiger partial charge in [-0.05, 0) is 62.5 Å². The molecule has 17 heavy (non-hydrogen) atoms. The van der Waals surface area contributed by atoms with E-state index in [0.29, 0.717) is 5.56 Å². The zero-order valence-corrected chi connectivity index (χ0v) is 10.1. The van der Waals surface area contributed by atoms with Crippen LogP contribution in [0.25, 0.3) is 0 Å². The number of hydrogen-bond donors (Lipinski definition) is 2. The first-order chi connectivity index (χ1) is 8.38. The minimum absolute atomic E-state index is 0.715. The van der Waals surface area contributed by atoms with Gasteiger partial charge in [0, 0.05) is 12.2 Å². The number of nitriles is 1. The van der Waals surface area contributed by atoms with Gasteiger partial charge in [0.25, 0.3) is 0 Å². The predicted octanol–water partition coefficient (Wildman–Crippen LogP) is 2.36. The molecular weight excluding hydrogens is 210 g/mol. The maximum Gasteiger partial charge on any atom is 0.0991 e. The van der Waals surface area contributed by atoms with Crippen LogP contribution in [0.2, 0.25) is 0 Å². The number of anilines is 1. The number of hydrogen-bond acceptors (Lipinski definition) is 3. The topological polar surface area (TPSA) is 47.9 Å². The van der Waals surface area contributed by atoms with E-state index in [1.54, 1.807) is 0 Å². The fourth-order valence-electron chi connectivity index (χ4n) is 2.25. The molecule has 2 rings (SSSR count). The monoisotopic (exact) mass is 229 g/mol. The lowest BCUT2D eigenvalue weighted by atomic mass is 9.96. The lowest BCUT2D eigenvalue weighted by Gasteiger charge is -2.22. The number of nitrogens with one attached hydrogen (secondary N) is 2. The number of piperidine rings is 1. The van der Waals surface area contributed by atoms with Gasteiger partial charge >= 0.3 is 0 Å². The molecule has 1 heterocycles. The molecule has 1 saturated heterocycles. The summed E-state index contributed by atoms with van der Waals surface area (Å²) in [5.41, 5.74) is 1.82. The highest BCUT2D eigenvalue weighted by Crippen LogP contribution is 2.15. The molecule has 1 unspecified atom stereocenters. The fourth-order valence-corrected chi connectivity index (χ4v) is 2.25. The van der Waals surface area contributed by atoms with E-state index in [0.717, 1.165) is 24.7 Å². The Kier molecular flexibility index (Phi) is 4.40. The van der Waals surface area contributed by atoms with Crippen molar-refractivity contribution >= 4 is 5.69 Å². The van der Waals surface area contributed by atoms with E-state index < -0.39 is 0 Å². The summed E-state index contributed by atoms with van der Waals surface area (Å²) in [7, 11) is 0. The Morgan fingerprint density at radius 3 is 2.82 bits per heavy atom. The van der Waals surface area contributed by atoms with Crippen LogP contribution in [0.4, 0.5) is 5.69 Å². The van der Waals surface area contributed by atoms with Crippen LogP contribution in [0.3, 0.4) is 0 Å². The molecule has 3 nitrogen and oxygen atoms in total. The SMILES string of the molecule is N#Cc1ccc(NCCC2CCCNC2)cc1. The van der Waals surface area contributed by atoms with Gasteiger partial charge in [-0.3, -0.25) is 0 Å². The second kappa shape index (κ2) is 6.27. The van der Waals surface area contributed by atoms with E-state index >= 15 is 0 Å². The second-order valence-corrected chi connectivity index (χ2v) is 4.62. The number of nitrogens with zero attached hydrogens (tertiary/aromatic N) is 1. The van der Waals surface area contributed by atoms with Crippen molar-refractivity contribution in [3.63, 3.8) is 0 Å². The maximum absolute atomic E-state index is 8.70. The van der Waals surface area contributed by atoms with Crippen LogP contribution in [0.1, 0.15) is 24.8 Å². The van der Waals surface area contributed by atoms with Gasteiger partial charge in [0.05, 0.1) is 11.6 Å². The molecule has 0 bridgehead atoms. The van der Waals surface area contributed by atoms with Crippen molar-refractivity contribution < 1.29 is 0 Å². The second-order valence-electron chi connectivity index (χ2n) is 4.62. The highest BCUT2D eigenvalue weighted by atomic mass is 14.9. The van der Waals surface area contributed by atoms with Crippen molar-refractivity contribution in [2.75, 3.05) is 25.0 Å². The van der Waals surface area contributed by atoms with Crippen LogP contribution >= 0.6 is 0 Å². The predicted molar refractivity (Wildman–Crippen MR) is 69.9 cm³/mol. The smallest absolute Gasteiger partial charge is 0.0991 e. The van der Waals surface area contributed by atoms with Gasteiger partial charge in [0.1, 0.15) is 0 Å². The zero-order valence-electron chi connectivity index (χ0n) is 10.1. The van der Waals surface area contributed by atoms with E-state index in [1.807, 2.05) is 24.3 Å². The Morgan fingerprint density at radius 1 is 1.35 bits per heavy atom. The first-order valence-electron chi connectivity index (χ1n) is 6.33. The lowest BCUT2D eigenvalue weighted by molar-refractivity contribution is 0.364. The summed E-state index contributed by atoms with van der Waals surface area (Å²) >= 11 is 0. The van der Waals surface area contributed by atoms with Crippen LogP contribution in [-0.2, 0) is 0 Å². The summed E-state index contributed by atoms with van der Waals surface area (Å²) in [4.78, 5) is 0. The summed E-state index contributed by atoms with van der Waals surface area (Å²) in [5.74, 6) is 0.814. The molecule has 0 saturated carbocycles. The summed E-state index contributed by atoms with van der Waals surface area (Å²) in [6.45, 7) is 3.35.